The summed E-state index contributed by atoms with van der Waals surface area (Å²) in [6.45, 7) is 7.10. The Bertz CT molecular complexity index is 780. The predicted molar refractivity (Wildman–Crippen MR) is 68.7 cm³/mol. The number of carbonyl (C=O) groups is 1. The summed E-state index contributed by atoms with van der Waals surface area (Å²) < 4.78 is 39.6. The first-order valence-electron chi connectivity index (χ1n) is 5.36. The van der Waals surface area contributed by atoms with E-state index in [9.17, 15) is 18.0 Å². The highest BCUT2D eigenvalue weighted by molar-refractivity contribution is 6.34. The lowest BCUT2D eigenvalue weighted by Crippen LogP contribution is -2.33. The van der Waals surface area contributed by atoms with Crippen LogP contribution < -0.4 is 10.6 Å². The molecule has 0 bridgehead atoms. The maximum absolute atomic E-state index is 12.9. The molecule has 0 fully saturated rings. The largest absolute Gasteiger partial charge is 0.417 e. The fourth-order valence-corrected chi connectivity index (χ4v) is 1.92. The van der Waals surface area contributed by atoms with Crippen molar-refractivity contribution >= 4 is 30.7 Å². The fourth-order valence-electron chi connectivity index (χ4n) is 1.67. The zero-order chi connectivity index (χ0) is 15.1. The second-order valence-electron chi connectivity index (χ2n) is 3.99. The first-order valence-corrected chi connectivity index (χ1v) is 5.73. The average Bonchev–Trinajstić information content (AvgIpc) is 2.68. The van der Waals surface area contributed by atoms with Gasteiger partial charge in [0.25, 0.3) is 5.91 Å². The quantitative estimate of drug-likeness (QED) is 0.808. The topological polar surface area (TPSA) is 34.9 Å². The molecule has 0 unspecified atom stereocenters. The highest BCUT2D eigenvalue weighted by Crippen LogP contribution is 2.35. The molecule has 0 aliphatic heterocycles. The molecule has 0 saturated heterocycles. The van der Waals surface area contributed by atoms with Gasteiger partial charge in [0.1, 0.15) is 0 Å². The molecular weight excluding hydrogens is 293 g/mol. The second-order valence-corrected chi connectivity index (χ2v) is 4.40. The first kappa shape index (κ1) is 14.3. The third-order valence-electron chi connectivity index (χ3n) is 2.68. The van der Waals surface area contributed by atoms with Gasteiger partial charge in [0.2, 0.25) is 0 Å². The molecule has 2 aromatic rings. The summed E-state index contributed by atoms with van der Waals surface area (Å²) in [6.07, 6.45) is -3.46. The van der Waals surface area contributed by atoms with Gasteiger partial charge in [-0.3, -0.25) is 4.79 Å². The maximum Gasteiger partial charge on any atom is 0.417 e. The van der Waals surface area contributed by atoms with Gasteiger partial charge in [0, 0.05) is 5.22 Å². The van der Waals surface area contributed by atoms with E-state index in [4.69, 9.17) is 11.6 Å². The smallest absolute Gasteiger partial charge is 0.267 e. The van der Waals surface area contributed by atoms with Gasteiger partial charge in [-0.25, -0.2) is 0 Å². The lowest BCUT2D eigenvalue weighted by Gasteiger charge is -2.13. The molecule has 0 saturated carbocycles. The van der Waals surface area contributed by atoms with Gasteiger partial charge in [0.15, 0.2) is 0 Å². The molecule has 2 rings (SSSR count). The molecule has 1 aromatic carbocycles. The van der Waals surface area contributed by atoms with Crippen molar-refractivity contribution in [2.24, 2.45) is 0 Å². The number of rotatable bonds is 1. The van der Waals surface area contributed by atoms with Crippen molar-refractivity contribution in [1.82, 2.24) is 9.78 Å². The van der Waals surface area contributed by atoms with Gasteiger partial charge in [-0.1, -0.05) is 30.8 Å². The molecule has 0 atom stereocenters. The normalized spacial score (nSPS) is 11.6. The Morgan fingerprint density at radius 3 is 2.45 bits per heavy atom. The number of alkyl halides is 3. The minimum atomic E-state index is -4.70. The SMILES string of the molecule is C=c1cnn(C(=O)c2c(Cl)cccc2C(F)(F)F)c1=C. The maximum atomic E-state index is 12.9. The molecule has 3 nitrogen and oxygen atoms in total. The van der Waals surface area contributed by atoms with Crippen LogP contribution in [0.25, 0.3) is 13.2 Å². The van der Waals surface area contributed by atoms with E-state index in [0.29, 0.717) is 5.22 Å². The Morgan fingerprint density at radius 2 is 1.95 bits per heavy atom. The Balaban J connectivity index is 2.70. The Hall–Kier alpha value is -2.08. The number of hydrogen-bond donors (Lipinski definition) is 0. The molecule has 0 aliphatic carbocycles. The van der Waals surface area contributed by atoms with Crippen molar-refractivity contribution in [3.8, 4) is 0 Å². The zero-order valence-corrected chi connectivity index (χ0v) is 10.8. The third kappa shape index (κ3) is 2.34. The van der Waals surface area contributed by atoms with Crippen molar-refractivity contribution in [1.29, 1.82) is 0 Å². The van der Waals surface area contributed by atoms with Crippen LogP contribution in [0.15, 0.2) is 24.4 Å². The van der Waals surface area contributed by atoms with E-state index in [-0.39, 0.29) is 10.4 Å². The van der Waals surface area contributed by atoms with Crippen molar-refractivity contribution in [3.63, 3.8) is 0 Å². The van der Waals surface area contributed by atoms with Crippen LogP contribution in [0.2, 0.25) is 5.02 Å². The van der Waals surface area contributed by atoms with E-state index in [2.05, 4.69) is 18.3 Å². The second kappa shape index (κ2) is 4.79. The monoisotopic (exact) mass is 300 g/mol. The molecule has 0 amide bonds. The number of carbonyl (C=O) groups excluding carboxylic acids is 1. The predicted octanol–water partition coefficient (Wildman–Crippen LogP) is 2.06. The highest BCUT2D eigenvalue weighted by Gasteiger charge is 2.36. The molecule has 20 heavy (non-hydrogen) atoms. The lowest BCUT2D eigenvalue weighted by molar-refractivity contribution is -0.137. The Kier molecular flexibility index (Phi) is 3.43. The molecule has 0 N–H and O–H groups in total. The number of benzene rings is 1. The molecule has 1 heterocycles. The third-order valence-corrected chi connectivity index (χ3v) is 3.00. The van der Waals surface area contributed by atoms with Gasteiger partial charge in [-0.2, -0.15) is 23.0 Å². The number of nitrogens with zero attached hydrogens (tertiary/aromatic N) is 2. The summed E-state index contributed by atoms with van der Waals surface area (Å²) in [5.41, 5.74) is -1.77. The molecule has 104 valence electrons. The standard InChI is InChI=1S/C13H8ClF3N2O/c1-7-6-18-19(8(7)2)12(20)11-9(13(15,16)17)4-3-5-10(11)14/h3-6H,1-2H2. The molecular formula is C13H8ClF3N2O. The van der Waals surface area contributed by atoms with Crippen molar-refractivity contribution in [2.45, 2.75) is 6.18 Å². The minimum absolute atomic E-state index is 0.114. The number of aromatic nitrogens is 2. The number of hydrogen-bond acceptors (Lipinski definition) is 2. The van der Waals surface area contributed by atoms with Gasteiger partial charge in [-0.05, 0) is 12.1 Å². The molecule has 0 radical (unpaired) electrons. The van der Waals surface area contributed by atoms with Crippen LogP contribution in [0.3, 0.4) is 0 Å². The molecule has 1 aromatic heterocycles. The van der Waals surface area contributed by atoms with E-state index in [1.165, 1.54) is 12.3 Å². The van der Waals surface area contributed by atoms with E-state index in [0.717, 1.165) is 16.8 Å². The van der Waals surface area contributed by atoms with Crippen LogP contribution in [0.5, 0.6) is 0 Å². The van der Waals surface area contributed by atoms with Crippen molar-refractivity contribution in [3.05, 3.63) is 51.1 Å². The molecule has 0 aliphatic rings. The Labute approximate surface area is 116 Å². The van der Waals surface area contributed by atoms with E-state index >= 15 is 0 Å². The summed E-state index contributed by atoms with van der Waals surface area (Å²) in [6, 6.07) is 3.13. The highest BCUT2D eigenvalue weighted by atomic mass is 35.5. The van der Waals surface area contributed by atoms with E-state index < -0.39 is 23.2 Å². The lowest BCUT2D eigenvalue weighted by atomic mass is 10.1. The summed E-state index contributed by atoms with van der Waals surface area (Å²) in [7, 11) is 0. The van der Waals surface area contributed by atoms with Gasteiger partial charge < -0.3 is 0 Å². The number of halogens is 4. The van der Waals surface area contributed by atoms with Crippen LogP contribution in [0.1, 0.15) is 15.9 Å². The van der Waals surface area contributed by atoms with Crippen LogP contribution >= 0.6 is 11.6 Å². The van der Waals surface area contributed by atoms with Gasteiger partial charge in [-0.15, -0.1) is 0 Å². The Morgan fingerprint density at radius 1 is 1.30 bits per heavy atom. The summed E-state index contributed by atoms with van der Waals surface area (Å²) in [4.78, 5) is 12.2. The van der Waals surface area contributed by atoms with E-state index in [1.807, 2.05) is 0 Å². The molecule has 0 spiro atoms. The average molecular weight is 301 g/mol. The summed E-state index contributed by atoms with van der Waals surface area (Å²) >= 11 is 5.74. The van der Waals surface area contributed by atoms with Crippen molar-refractivity contribution in [2.75, 3.05) is 0 Å². The minimum Gasteiger partial charge on any atom is -0.267 e. The van der Waals surface area contributed by atoms with Crippen LogP contribution in [0.4, 0.5) is 13.2 Å². The van der Waals surface area contributed by atoms with Gasteiger partial charge in [0.05, 0.1) is 27.7 Å². The van der Waals surface area contributed by atoms with E-state index in [1.54, 1.807) is 0 Å². The first-order chi connectivity index (χ1) is 9.23. The van der Waals surface area contributed by atoms with Crippen molar-refractivity contribution < 1.29 is 18.0 Å². The summed E-state index contributed by atoms with van der Waals surface area (Å²) in [5, 5.41) is 3.83. The fraction of sp³-hybridized carbons (Fsp3) is 0.0769. The van der Waals surface area contributed by atoms with Crippen LogP contribution in [0, 0.1) is 0 Å². The van der Waals surface area contributed by atoms with Gasteiger partial charge >= 0.3 is 6.18 Å². The summed E-state index contributed by atoms with van der Waals surface area (Å²) in [5.74, 6) is -0.997. The van der Waals surface area contributed by atoms with Crippen LogP contribution in [-0.2, 0) is 6.18 Å². The zero-order valence-electron chi connectivity index (χ0n) is 10.0. The van der Waals surface area contributed by atoms with Crippen LogP contribution in [-0.4, -0.2) is 15.7 Å². The molecule has 7 heteroatoms.